The summed E-state index contributed by atoms with van der Waals surface area (Å²) in [5.41, 5.74) is 17.0. The predicted molar refractivity (Wildman–Crippen MR) is 274 cm³/mol. The van der Waals surface area contributed by atoms with Crippen LogP contribution in [0.2, 0.25) is 0 Å². The van der Waals surface area contributed by atoms with E-state index >= 15 is 0 Å². The first-order valence-corrected chi connectivity index (χ1v) is 22.9. The fourth-order valence-corrected chi connectivity index (χ4v) is 10.5. The molecule has 2 atom stereocenters. The Hall–Kier alpha value is -7.94. The molecule has 0 amide bonds. The van der Waals surface area contributed by atoms with E-state index in [2.05, 4.69) is 242 Å². The second kappa shape index (κ2) is 16.3. The summed E-state index contributed by atoms with van der Waals surface area (Å²) in [4.78, 5) is 0. The molecule has 0 aliphatic heterocycles. The topological polar surface area (TPSA) is 18.1 Å². The van der Waals surface area contributed by atoms with E-state index in [0.29, 0.717) is 5.92 Å². The molecule has 2 heteroatoms. The zero-order valence-corrected chi connectivity index (χ0v) is 36.4. The predicted octanol–water partition coefficient (Wildman–Crippen LogP) is 17.0. The third-order valence-electron chi connectivity index (χ3n) is 13.8. The Morgan fingerprint density at radius 2 is 1.03 bits per heavy atom. The molecule has 1 unspecified atom stereocenters. The Labute approximate surface area is 379 Å². The normalized spacial score (nSPS) is 12.7. The van der Waals surface area contributed by atoms with Crippen LogP contribution < -0.4 is 0 Å². The quantitative estimate of drug-likeness (QED) is 0.134. The smallest absolute Gasteiger partial charge is 0.143 e. The minimum absolute atomic E-state index is 0.278. The first kappa shape index (κ1) is 38.7. The largest absolute Gasteiger partial charge is 0.455 e. The molecule has 2 heterocycles. The number of para-hydroxylation sites is 2. The van der Waals surface area contributed by atoms with Gasteiger partial charge in [-0.2, -0.15) is 0 Å². The van der Waals surface area contributed by atoms with Crippen molar-refractivity contribution in [1.82, 2.24) is 4.57 Å². The van der Waals surface area contributed by atoms with Crippen LogP contribution in [0.4, 0.5) is 0 Å². The van der Waals surface area contributed by atoms with Crippen LogP contribution >= 0.6 is 0 Å². The van der Waals surface area contributed by atoms with Crippen molar-refractivity contribution in [3.8, 4) is 39.1 Å². The fourth-order valence-electron chi connectivity index (χ4n) is 10.5. The summed E-state index contributed by atoms with van der Waals surface area (Å²) in [5, 5.41) is 7.22. The van der Waals surface area contributed by atoms with Crippen molar-refractivity contribution in [2.45, 2.75) is 25.7 Å². The number of aromatic nitrogens is 1. The molecular weight excluding hydrogens is 787 g/mol. The maximum absolute atomic E-state index is 6.52. The minimum Gasteiger partial charge on any atom is -0.455 e. The Bertz CT molecular complexity index is 3610. The number of hydrogen-bond donors (Lipinski definition) is 0. The molecular formula is C63H47NO. The maximum Gasteiger partial charge on any atom is 0.143 e. The summed E-state index contributed by atoms with van der Waals surface area (Å²) in [7, 11) is 0. The van der Waals surface area contributed by atoms with Crippen LogP contribution in [0, 0.1) is 5.92 Å². The van der Waals surface area contributed by atoms with E-state index in [-0.39, 0.29) is 5.92 Å². The van der Waals surface area contributed by atoms with Gasteiger partial charge in [-0.25, -0.2) is 0 Å². The standard InChI is InChI=1S/C63H47NO/c1-42(38-50-17-6-7-20-53(50)51-33-37-62-59(41-51)57-36-32-46-16-5-8-21-54(46)63(57)65-62)58(47-30-28-45(29-31-47)49-19-13-18-48(40-49)44-14-3-2-4-15-44)39-43-26-34-52(35-27-43)64-60-24-11-9-22-55(60)56-23-10-12-25-61(56)64/h2-37,40-42,58H,38-39H2,1H3/t42?,58-/m1/s1. The van der Waals surface area contributed by atoms with Crippen molar-refractivity contribution in [2.24, 2.45) is 5.92 Å². The van der Waals surface area contributed by atoms with Crippen LogP contribution in [0.25, 0.3) is 93.6 Å². The molecule has 2 nitrogen and oxygen atoms in total. The van der Waals surface area contributed by atoms with Crippen LogP contribution in [-0.4, -0.2) is 4.57 Å². The van der Waals surface area contributed by atoms with Crippen LogP contribution in [0.1, 0.15) is 29.5 Å². The van der Waals surface area contributed by atoms with Crippen molar-refractivity contribution >= 4 is 54.5 Å². The van der Waals surface area contributed by atoms with E-state index in [1.807, 2.05) is 0 Å². The second-order valence-corrected chi connectivity index (χ2v) is 17.7. The van der Waals surface area contributed by atoms with E-state index in [1.54, 1.807) is 0 Å². The number of benzene rings is 10. The Morgan fingerprint density at radius 3 is 1.78 bits per heavy atom. The molecule has 12 aromatic rings. The van der Waals surface area contributed by atoms with Crippen LogP contribution in [0.15, 0.2) is 235 Å². The lowest BCUT2D eigenvalue weighted by molar-refractivity contribution is 0.453. The van der Waals surface area contributed by atoms with Gasteiger partial charge >= 0.3 is 0 Å². The van der Waals surface area contributed by atoms with Crippen LogP contribution in [0.5, 0.6) is 0 Å². The summed E-state index contributed by atoms with van der Waals surface area (Å²) in [5.74, 6) is 0.616. The van der Waals surface area contributed by atoms with Crippen LogP contribution in [0.3, 0.4) is 0 Å². The Kier molecular flexibility index (Phi) is 9.72. The molecule has 2 aromatic heterocycles. The molecule has 0 spiro atoms. The van der Waals surface area contributed by atoms with Gasteiger partial charge in [-0.15, -0.1) is 0 Å². The van der Waals surface area contributed by atoms with E-state index in [4.69, 9.17) is 4.42 Å². The van der Waals surface area contributed by atoms with Gasteiger partial charge < -0.3 is 8.98 Å². The first-order chi connectivity index (χ1) is 32.1. The average molecular weight is 834 g/mol. The zero-order chi connectivity index (χ0) is 43.3. The molecule has 0 N–H and O–H groups in total. The van der Waals surface area contributed by atoms with Gasteiger partial charge in [0.15, 0.2) is 0 Å². The van der Waals surface area contributed by atoms with Gasteiger partial charge in [0.2, 0.25) is 0 Å². The van der Waals surface area contributed by atoms with E-state index in [1.165, 1.54) is 83.0 Å². The molecule has 10 aromatic carbocycles. The van der Waals surface area contributed by atoms with E-state index in [9.17, 15) is 0 Å². The molecule has 0 radical (unpaired) electrons. The van der Waals surface area contributed by atoms with Crippen molar-refractivity contribution in [1.29, 1.82) is 0 Å². The van der Waals surface area contributed by atoms with E-state index < -0.39 is 0 Å². The molecule has 65 heavy (non-hydrogen) atoms. The highest BCUT2D eigenvalue weighted by molar-refractivity contribution is 6.15. The summed E-state index contributed by atoms with van der Waals surface area (Å²) < 4.78 is 8.92. The molecule has 0 saturated heterocycles. The summed E-state index contributed by atoms with van der Waals surface area (Å²) in [6.07, 6.45) is 1.87. The number of rotatable bonds is 10. The van der Waals surface area contributed by atoms with Crippen molar-refractivity contribution in [3.63, 3.8) is 0 Å². The molecule has 0 bridgehead atoms. The van der Waals surface area contributed by atoms with E-state index in [0.717, 1.165) is 40.2 Å². The monoisotopic (exact) mass is 833 g/mol. The third-order valence-corrected chi connectivity index (χ3v) is 13.8. The van der Waals surface area contributed by atoms with Crippen molar-refractivity contribution < 1.29 is 4.42 Å². The van der Waals surface area contributed by atoms with Gasteiger partial charge in [0.1, 0.15) is 11.2 Å². The van der Waals surface area contributed by atoms with Crippen molar-refractivity contribution in [3.05, 3.63) is 247 Å². The summed E-state index contributed by atoms with van der Waals surface area (Å²) >= 11 is 0. The highest BCUT2D eigenvalue weighted by Gasteiger charge is 2.23. The van der Waals surface area contributed by atoms with Gasteiger partial charge in [0, 0.05) is 32.6 Å². The Balaban J connectivity index is 0.893. The second-order valence-electron chi connectivity index (χ2n) is 17.7. The van der Waals surface area contributed by atoms with Gasteiger partial charge in [-0.3, -0.25) is 0 Å². The summed E-state index contributed by atoms with van der Waals surface area (Å²) in [6, 6.07) is 84.4. The van der Waals surface area contributed by atoms with Gasteiger partial charge in [-0.05, 0) is 129 Å². The fraction of sp³-hybridized carbons (Fsp3) is 0.0794. The highest BCUT2D eigenvalue weighted by atomic mass is 16.3. The number of nitrogens with zero attached hydrogens (tertiary/aromatic N) is 1. The van der Waals surface area contributed by atoms with Gasteiger partial charge in [0.25, 0.3) is 0 Å². The number of fused-ring (bicyclic) bond motifs is 8. The molecule has 310 valence electrons. The number of furan rings is 1. The maximum atomic E-state index is 6.52. The minimum atomic E-state index is 0.278. The first-order valence-electron chi connectivity index (χ1n) is 22.9. The van der Waals surface area contributed by atoms with Crippen molar-refractivity contribution in [2.75, 3.05) is 0 Å². The molecule has 0 saturated carbocycles. The number of hydrogen-bond acceptors (Lipinski definition) is 1. The highest BCUT2D eigenvalue weighted by Crippen LogP contribution is 2.40. The van der Waals surface area contributed by atoms with Gasteiger partial charge in [-0.1, -0.05) is 189 Å². The van der Waals surface area contributed by atoms with Gasteiger partial charge in [0.05, 0.1) is 11.0 Å². The lowest BCUT2D eigenvalue weighted by atomic mass is 9.78. The molecule has 0 fully saturated rings. The third kappa shape index (κ3) is 7.09. The zero-order valence-electron chi connectivity index (χ0n) is 36.4. The summed E-state index contributed by atoms with van der Waals surface area (Å²) in [6.45, 7) is 2.45. The lowest BCUT2D eigenvalue weighted by Gasteiger charge is -2.26. The lowest BCUT2D eigenvalue weighted by Crippen LogP contribution is -2.16. The molecule has 0 aliphatic carbocycles. The molecule has 12 rings (SSSR count). The Morgan fingerprint density at radius 1 is 0.415 bits per heavy atom. The SMILES string of the molecule is CC(Cc1ccccc1-c1ccc2oc3c4ccccc4ccc3c2c1)[C@@H](Cc1ccc(-n2c3ccccc3c3ccccc32)cc1)c1ccc(-c2cccc(-c3ccccc3)c2)cc1. The molecule has 0 aliphatic rings. The van der Waals surface area contributed by atoms with Crippen LogP contribution in [-0.2, 0) is 12.8 Å². The average Bonchev–Trinajstić information content (AvgIpc) is 3.92.